The van der Waals surface area contributed by atoms with Crippen molar-refractivity contribution in [2.75, 3.05) is 14.2 Å². The molecular formula is C15H13NO6. The molecule has 0 bridgehead atoms. The van der Waals surface area contributed by atoms with Crippen molar-refractivity contribution in [1.82, 2.24) is 0 Å². The second-order valence-corrected chi connectivity index (χ2v) is 4.30. The number of nitro groups is 1. The summed E-state index contributed by atoms with van der Waals surface area (Å²) in [4.78, 5) is 22.0. The Hall–Kier alpha value is -3.09. The van der Waals surface area contributed by atoms with Crippen molar-refractivity contribution >= 4 is 11.7 Å². The Bertz CT molecular complexity index is 741. The highest BCUT2D eigenvalue weighted by molar-refractivity contribution is 6.01. The summed E-state index contributed by atoms with van der Waals surface area (Å²) in [5.74, 6) is -1.15. The van der Waals surface area contributed by atoms with Gasteiger partial charge in [0.2, 0.25) is 5.75 Å². The normalized spacial score (nSPS) is 10.1. The fraction of sp³-hybridized carbons (Fsp3) is 0.133. The number of methoxy groups -OCH3 is 2. The van der Waals surface area contributed by atoms with E-state index in [1.54, 1.807) is 24.3 Å². The number of ether oxygens (including phenoxy) is 2. The Morgan fingerprint density at radius 3 is 2.32 bits per heavy atom. The van der Waals surface area contributed by atoms with Gasteiger partial charge in [-0.3, -0.25) is 10.1 Å². The zero-order valence-electron chi connectivity index (χ0n) is 11.9. The van der Waals surface area contributed by atoms with Gasteiger partial charge in [0.25, 0.3) is 0 Å². The summed E-state index contributed by atoms with van der Waals surface area (Å²) in [5.41, 5.74) is 0.114. The van der Waals surface area contributed by atoms with Gasteiger partial charge in [0, 0.05) is 17.2 Å². The third kappa shape index (κ3) is 2.56. The van der Waals surface area contributed by atoms with Gasteiger partial charge in [-0.2, -0.15) is 0 Å². The van der Waals surface area contributed by atoms with Crippen molar-refractivity contribution in [1.29, 1.82) is 0 Å². The number of para-hydroxylation sites is 1. The SMILES string of the molecule is COc1ccccc1-c1ccc([N+](=O)[O-])c(OC)c1C(=O)O. The van der Waals surface area contributed by atoms with E-state index < -0.39 is 16.6 Å². The number of aromatic carboxylic acids is 1. The molecule has 0 aromatic heterocycles. The molecule has 0 fully saturated rings. The van der Waals surface area contributed by atoms with E-state index in [2.05, 4.69) is 0 Å². The van der Waals surface area contributed by atoms with E-state index in [0.29, 0.717) is 11.3 Å². The second-order valence-electron chi connectivity index (χ2n) is 4.30. The molecule has 2 aromatic carbocycles. The fourth-order valence-corrected chi connectivity index (χ4v) is 2.23. The molecule has 1 N–H and O–H groups in total. The molecule has 0 amide bonds. The van der Waals surface area contributed by atoms with Crippen molar-refractivity contribution in [2.45, 2.75) is 0 Å². The molecule has 0 atom stereocenters. The van der Waals surface area contributed by atoms with Crippen LogP contribution in [0.15, 0.2) is 36.4 Å². The molecule has 0 unspecified atom stereocenters. The lowest BCUT2D eigenvalue weighted by Crippen LogP contribution is -2.06. The number of hydrogen-bond donors (Lipinski definition) is 1. The predicted molar refractivity (Wildman–Crippen MR) is 78.6 cm³/mol. The summed E-state index contributed by atoms with van der Waals surface area (Å²) >= 11 is 0. The zero-order chi connectivity index (χ0) is 16.3. The molecule has 2 rings (SSSR count). The lowest BCUT2D eigenvalue weighted by atomic mass is 9.97. The fourth-order valence-electron chi connectivity index (χ4n) is 2.23. The Morgan fingerprint density at radius 1 is 1.09 bits per heavy atom. The van der Waals surface area contributed by atoms with Crippen LogP contribution in [0.4, 0.5) is 5.69 Å². The van der Waals surface area contributed by atoms with Gasteiger partial charge in [-0.05, 0) is 12.1 Å². The Labute approximate surface area is 125 Å². The van der Waals surface area contributed by atoms with E-state index in [1.807, 2.05) is 0 Å². The van der Waals surface area contributed by atoms with Gasteiger partial charge >= 0.3 is 11.7 Å². The number of benzene rings is 2. The first kappa shape index (κ1) is 15.3. The van der Waals surface area contributed by atoms with E-state index in [0.717, 1.165) is 0 Å². The molecule has 0 heterocycles. The van der Waals surface area contributed by atoms with E-state index in [9.17, 15) is 20.0 Å². The van der Waals surface area contributed by atoms with Crippen LogP contribution in [0.1, 0.15) is 10.4 Å². The van der Waals surface area contributed by atoms with Gasteiger partial charge < -0.3 is 14.6 Å². The van der Waals surface area contributed by atoms with Crippen LogP contribution in [-0.4, -0.2) is 30.2 Å². The van der Waals surface area contributed by atoms with Gasteiger partial charge in [-0.25, -0.2) is 4.79 Å². The zero-order valence-corrected chi connectivity index (χ0v) is 11.9. The number of carboxylic acids is 1. The van der Waals surface area contributed by atoms with Crippen molar-refractivity contribution in [3.05, 3.63) is 52.1 Å². The maximum absolute atomic E-state index is 11.6. The molecule has 0 aliphatic rings. The van der Waals surface area contributed by atoms with Gasteiger partial charge in [0.05, 0.1) is 19.1 Å². The third-order valence-electron chi connectivity index (χ3n) is 3.15. The van der Waals surface area contributed by atoms with E-state index in [-0.39, 0.29) is 16.9 Å². The quantitative estimate of drug-likeness (QED) is 0.673. The first-order valence-corrected chi connectivity index (χ1v) is 6.23. The summed E-state index contributed by atoms with van der Waals surface area (Å²) in [5, 5.41) is 20.5. The maximum atomic E-state index is 11.6. The number of rotatable bonds is 5. The van der Waals surface area contributed by atoms with E-state index in [1.165, 1.54) is 26.4 Å². The summed E-state index contributed by atoms with van der Waals surface area (Å²) in [7, 11) is 2.66. The molecule has 0 saturated carbocycles. The van der Waals surface area contributed by atoms with Gasteiger partial charge in [-0.15, -0.1) is 0 Å². The van der Waals surface area contributed by atoms with Crippen LogP contribution in [0.5, 0.6) is 11.5 Å². The van der Waals surface area contributed by atoms with E-state index >= 15 is 0 Å². The van der Waals surface area contributed by atoms with Crippen LogP contribution in [0, 0.1) is 10.1 Å². The van der Waals surface area contributed by atoms with Crippen LogP contribution in [0.25, 0.3) is 11.1 Å². The third-order valence-corrected chi connectivity index (χ3v) is 3.15. The topological polar surface area (TPSA) is 98.9 Å². The number of nitrogens with zero attached hydrogens (tertiary/aromatic N) is 1. The van der Waals surface area contributed by atoms with Crippen molar-refractivity contribution in [2.24, 2.45) is 0 Å². The first-order chi connectivity index (χ1) is 10.5. The maximum Gasteiger partial charge on any atom is 0.340 e. The minimum Gasteiger partial charge on any atom is -0.496 e. The molecule has 0 aliphatic heterocycles. The first-order valence-electron chi connectivity index (χ1n) is 6.23. The van der Waals surface area contributed by atoms with E-state index in [4.69, 9.17) is 9.47 Å². The lowest BCUT2D eigenvalue weighted by molar-refractivity contribution is -0.385. The lowest BCUT2D eigenvalue weighted by Gasteiger charge is -2.13. The number of carboxylic acid groups (broad SMARTS) is 1. The molecule has 0 saturated heterocycles. The summed E-state index contributed by atoms with van der Waals surface area (Å²) in [6, 6.07) is 9.40. The molecular weight excluding hydrogens is 290 g/mol. The molecule has 7 nitrogen and oxygen atoms in total. The smallest absolute Gasteiger partial charge is 0.340 e. The number of hydrogen-bond acceptors (Lipinski definition) is 5. The number of carbonyl (C=O) groups is 1. The highest BCUT2D eigenvalue weighted by Gasteiger charge is 2.27. The Morgan fingerprint density at radius 2 is 1.77 bits per heavy atom. The average Bonchev–Trinajstić information content (AvgIpc) is 2.52. The Kier molecular flexibility index (Phi) is 4.26. The van der Waals surface area contributed by atoms with Gasteiger partial charge in [0.1, 0.15) is 11.3 Å². The Balaban J connectivity index is 2.82. The average molecular weight is 303 g/mol. The van der Waals surface area contributed by atoms with Gasteiger partial charge in [-0.1, -0.05) is 18.2 Å². The summed E-state index contributed by atoms with van der Waals surface area (Å²) in [6.45, 7) is 0. The molecule has 0 spiro atoms. The molecule has 7 heteroatoms. The summed E-state index contributed by atoms with van der Waals surface area (Å²) < 4.78 is 10.2. The molecule has 0 aliphatic carbocycles. The van der Waals surface area contributed by atoms with Crippen molar-refractivity contribution < 1.29 is 24.3 Å². The van der Waals surface area contributed by atoms with Crippen LogP contribution in [0.2, 0.25) is 0 Å². The molecule has 0 radical (unpaired) electrons. The highest BCUT2D eigenvalue weighted by Crippen LogP contribution is 2.40. The molecule has 22 heavy (non-hydrogen) atoms. The van der Waals surface area contributed by atoms with Crippen LogP contribution in [0.3, 0.4) is 0 Å². The summed E-state index contributed by atoms with van der Waals surface area (Å²) in [6.07, 6.45) is 0. The van der Waals surface area contributed by atoms with Crippen LogP contribution < -0.4 is 9.47 Å². The predicted octanol–water partition coefficient (Wildman–Crippen LogP) is 2.98. The van der Waals surface area contributed by atoms with Crippen LogP contribution >= 0.6 is 0 Å². The largest absolute Gasteiger partial charge is 0.496 e. The second kappa shape index (κ2) is 6.13. The minimum absolute atomic E-state index is 0.277. The monoisotopic (exact) mass is 303 g/mol. The van der Waals surface area contributed by atoms with Gasteiger partial charge in [0.15, 0.2) is 0 Å². The highest BCUT2D eigenvalue weighted by atomic mass is 16.6. The standard InChI is InChI=1S/C15H13NO6/c1-21-12-6-4-3-5-9(12)10-7-8-11(16(19)20)14(22-2)13(10)15(17)18/h3-8H,1-2H3,(H,17,18). The van der Waals surface area contributed by atoms with Crippen molar-refractivity contribution in [3.8, 4) is 22.6 Å². The minimum atomic E-state index is -1.32. The molecule has 2 aromatic rings. The number of nitro benzene ring substituents is 1. The van der Waals surface area contributed by atoms with Crippen LogP contribution in [-0.2, 0) is 0 Å². The molecule has 114 valence electrons. The van der Waals surface area contributed by atoms with Crippen molar-refractivity contribution in [3.63, 3.8) is 0 Å².